The Bertz CT molecular complexity index is 1120. The van der Waals surface area contributed by atoms with E-state index in [0.717, 1.165) is 35.2 Å². The summed E-state index contributed by atoms with van der Waals surface area (Å²) in [5, 5.41) is 6.29. The van der Waals surface area contributed by atoms with Gasteiger partial charge in [-0.1, -0.05) is 11.3 Å². The van der Waals surface area contributed by atoms with Gasteiger partial charge in [-0.15, -0.1) is 0 Å². The van der Waals surface area contributed by atoms with E-state index >= 15 is 0 Å². The topological polar surface area (TPSA) is 75.1 Å². The zero-order chi connectivity index (χ0) is 20.1. The molecule has 29 heavy (non-hydrogen) atoms. The van der Waals surface area contributed by atoms with E-state index in [1.165, 1.54) is 23.5 Å². The van der Waals surface area contributed by atoms with Crippen molar-refractivity contribution in [3.63, 3.8) is 0 Å². The smallest absolute Gasteiger partial charge is 0.287 e. The normalized spacial score (nSPS) is 13.8. The van der Waals surface area contributed by atoms with Crippen LogP contribution in [0.4, 0.5) is 0 Å². The second-order valence-corrected chi connectivity index (χ2v) is 7.80. The molecule has 0 unspecified atom stereocenters. The Balaban J connectivity index is 1.62. The lowest BCUT2D eigenvalue weighted by Gasteiger charge is -2.17. The molecule has 9 heteroatoms. The number of nitrogens with zero attached hydrogens (tertiary/aromatic N) is 3. The second-order valence-electron chi connectivity index (χ2n) is 6.82. The summed E-state index contributed by atoms with van der Waals surface area (Å²) >= 11 is 1.32. The van der Waals surface area contributed by atoms with Crippen LogP contribution in [0.25, 0.3) is 11.3 Å². The van der Waals surface area contributed by atoms with Crippen LogP contribution < -0.4 is 14.2 Å². The van der Waals surface area contributed by atoms with Gasteiger partial charge in [-0.2, -0.15) is 5.10 Å². The Kier molecular flexibility index (Phi) is 4.21. The van der Waals surface area contributed by atoms with Crippen LogP contribution in [0.3, 0.4) is 0 Å². The number of carbonyl (C=O) groups excluding carboxylic acids is 1. The Labute approximate surface area is 171 Å². The van der Waals surface area contributed by atoms with Gasteiger partial charge >= 0.3 is 0 Å². The van der Waals surface area contributed by atoms with E-state index in [2.05, 4.69) is 5.10 Å². The SMILES string of the molecule is CON(C)C(=O)c1sc(Oc2ccc3c(c2)OCO3)c2c1CCc1cnn(C)c1-2. The minimum Gasteiger partial charge on any atom is -0.454 e. The molecular formula is C20H19N3O5S. The highest BCUT2D eigenvalue weighted by molar-refractivity contribution is 7.16. The Morgan fingerprint density at radius 2 is 2.10 bits per heavy atom. The Morgan fingerprint density at radius 3 is 2.93 bits per heavy atom. The zero-order valence-electron chi connectivity index (χ0n) is 16.2. The van der Waals surface area contributed by atoms with Crippen molar-refractivity contribution < 1.29 is 23.8 Å². The highest BCUT2D eigenvalue weighted by atomic mass is 32.1. The van der Waals surface area contributed by atoms with Gasteiger partial charge in [-0.05, 0) is 36.1 Å². The van der Waals surface area contributed by atoms with Crippen LogP contribution in [0.2, 0.25) is 0 Å². The van der Waals surface area contributed by atoms with Crippen LogP contribution in [0.1, 0.15) is 20.8 Å². The van der Waals surface area contributed by atoms with Crippen molar-refractivity contribution in [2.75, 3.05) is 21.0 Å². The predicted octanol–water partition coefficient (Wildman–Crippen LogP) is 3.40. The standard InChI is InChI=1S/C20H19N3O5S/c1-22-17-11(9-21-22)4-6-13-16(17)20(29-18(13)19(24)23(2)25-3)28-12-5-7-14-15(8-12)27-10-26-14/h5,7-9H,4,6,10H2,1-3H3. The number of rotatable bonds is 4. The van der Waals surface area contributed by atoms with Gasteiger partial charge < -0.3 is 14.2 Å². The summed E-state index contributed by atoms with van der Waals surface area (Å²) in [4.78, 5) is 18.6. The zero-order valence-corrected chi connectivity index (χ0v) is 17.0. The molecule has 3 aromatic rings. The minimum atomic E-state index is -0.195. The molecule has 150 valence electrons. The lowest BCUT2D eigenvalue weighted by molar-refractivity contribution is -0.0754. The van der Waals surface area contributed by atoms with E-state index in [0.29, 0.717) is 27.2 Å². The lowest BCUT2D eigenvalue weighted by atomic mass is 9.91. The fraction of sp³-hybridized carbons (Fsp3) is 0.300. The number of ether oxygens (including phenoxy) is 3. The quantitative estimate of drug-likeness (QED) is 0.611. The first-order valence-corrected chi connectivity index (χ1v) is 9.95. The van der Waals surface area contributed by atoms with Gasteiger partial charge in [0.1, 0.15) is 10.6 Å². The molecule has 0 spiro atoms. The first-order chi connectivity index (χ1) is 14.1. The fourth-order valence-corrected chi connectivity index (χ4v) is 4.87. The fourth-order valence-electron chi connectivity index (χ4n) is 3.69. The number of benzene rings is 1. The van der Waals surface area contributed by atoms with Crippen LogP contribution in [0, 0.1) is 0 Å². The molecule has 3 heterocycles. The largest absolute Gasteiger partial charge is 0.454 e. The van der Waals surface area contributed by atoms with Crippen LogP contribution in [-0.2, 0) is 24.7 Å². The van der Waals surface area contributed by atoms with E-state index in [1.807, 2.05) is 30.1 Å². The van der Waals surface area contributed by atoms with E-state index in [9.17, 15) is 4.79 Å². The van der Waals surface area contributed by atoms with Crippen molar-refractivity contribution in [2.45, 2.75) is 12.8 Å². The number of hydroxylamine groups is 2. The maximum Gasteiger partial charge on any atom is 0.287 e. The molecule has 1 aromatic carbocycles. The number of carbonyl (C=O) groups is 1. The number of thiophene rings is 1. The number of hydrogen-bond donors (Lipinski definition) is 0. The molecule has 1 amide bonds. The number of aryl methyl sites for hydroxylation is 2. The summed E-state index contributed by atoms with van der Waals surface area (Å²) in [6.45, 7) is 0.202. The summed E-state index contributed by atoms with van der Waals surface area (Å²) in [5.41, 5.74) is 4.02. The molecule has 8 nitrogen and oxygen atoms in total. The molecule has 0 N–H and O–H groups in total. The molecule has 1 aliphatic carbocycles. The molecule has 1 aliphatic heterocycles. The van der Waals surface area contributed by atoms with Gasteiger partial charge in [-0.3, -0.25) is 14.3 Å². The first-order valence-electron chi connectivity index (χ1n) is 9.13. The molecule has 0 radical (unpaired) electrons. The van der Waals surface area contributed by atoms with Gasteiger partial charge in [0.25, 0.3) is 5.91 Å². The van der Waals surface area contributed by atoms with Gasteiger partial charge in [0.2, 0.25) is 6.79 Å². The van der Waals surface area contributed by atoms with Crippen molar-refractivity contribution in [3.05, 3.63) is 40.4 Å². The Hall–Kier alpha value is -3.04. The third-order valence-electron chi connectivity index (χ3n) is 5.18. The van der Waals surface area contributed by atoms with Crippen molar-refractivity contribution in [3.8, 4) is 33.6 Å². The van der Waals surface area contributed by atoms with Crippen molar-refractivity contribution >= 4 is 17.2 Å². The predicted molar refractivity (Wildman–Crippen MR) is 106 cm³/mol. The third-order valence-corrected chi connectivity index (χ3v) is 6.28. The summed E-state index contributed by atoms with van der Waals surface area (Å²) in [6.07, 6.45) is 3.45. The monoisotopic (exact) mass is 413 g/mol. The van der Waals surface area contributed by atoms with Crippen LogP contribution in [0.5, 0.6) is 22.3 Å². The van der Waals surface area contributed by atoms with E-state index in [-0.39, 0.29) is 12.7 Å². The number of amides is 1. The minimum absolute atomic E-state index is 0.195. The number of hydrogen-bond acceptors (Lipinski definition) is 7. The van der Waals surface area contributed by atoms with Crippen LogP contribution in [0.15, 0.2) is 24.4 Å². The molecule has 0 bridgehead atoms. The average Bonchev–Trinajstić information content (AvgIpc) is 3.44. The second kappa shape index (κ2) is 6.78. The summed E-state index contributed by atoms with van der Waals surface area (Å²) in [6, 6.07) is 5.44. The molecule has 0 fully saturated rings. The third kappa shape index (κ3) is 2.85. The number of aromatic nitrogens is 2. The van der Waals surface area contributed by atoms with Crippen molar-refractivity contribution in [1.29, 1.82) is 0 Å². The van der Waals surface area contributed by atoms with Crippen molar-refractivity contribution in [1.82, 2.24) is 14.8 Å². The molecule has 2 aliphatic rings. The lowest BCUT2D eigenvalue weighted by Crippen LogP contribution is -2.25. The molecular weight excluding hydrogens is 394 g/mol. The number of fused-ring (bicyclic) bond motifs is 4. The maximum absolute atomic E-state index is 12.9. The molecule has 2 aromatic heterocycles. The molecule has 0 atom stereocenters. The molecule has 0 saturated carbocycles. The van der Waals surface area contributed by atoms with E-state index in [1.54, 1.807) is 13.1 Å². The van der Waals surface area contributed by atoms with Gasteiger partial charge in [0, 0.05) is 20.2 Å². The Morgan fingerprint density at radius 1 is 1.28 bits per heavy atom. The van der Waals surface area contributed by atoms with Gasteiger partial charge in [0.05, 0.1) is 24.6 Å². The molecule has 0 saturated heterocycles. The summed E-state index contributed by atoms with van der Waals surface area (Å²) < 4.78 is 18.9. The van der Waals surface area contributed by atoms with E-state index < -0.39 is 0 Å². The van der Waals surface area contributed by atoms with Crippen LogP contribution in [-0.4, -0.2) is 41.7 Å². The molecule has 5 rings (SSSR count). The highest BCUT2D eigenvalue weighted by Crippen LogP contribution is 2.49. The maximum atomic E-state index is 12.9. The van der Waals surface area contributed by atoms with Gasteiger partial charge in [-0.25, -0.2) is 5.06 Å². The van der Waals surface area contributed by atoms with Crippen molar-refractivity contribution in [2.24, 2.45) is 7.05 Å². The van der Waals surface area contributed by atoms with Crippen LogP contribution >= 0.6 is 11.3 Å². The highest BCUT2D eigenvalue weighted by Gasteiger charge is 2.33. The summed E-state index contributed by atoms with van der Waals surface area (Å²) in [7, 11) is 4.98. The summed E-state index contributed by atoms with van der Waals surface area (Å²) in [5.74, 6) is 1.76. The first kappa shape index (κ1) is 18.0. The van der Waals surface area contributed by atoms with Gasteiger partial charge in [0.15, 0.2) is 16.6 Å². The average molecular weight is 413 g/mol. The van der Waals surface area contributed by atoms with E-state index in [4.69, 9.17) is 19.0 Å².